The number of hydrogen-bond acceptors (Lipinski definition) is 2. The minimum absolute atomic E-state index is 0.382. The van der Waals surface area contributed by atoms with Crippen molar-refractivity contribution in [2.24, 2.45) is 0 Å². The Morgan fingerprint density at radius 1 is 1.24 bits per heavy atom. The van der Waals surface area contributed by atoms with E-state index in [4.69, 9.17) is 4.74 Å². The maximum Gasteiger partial charge on any atom is 0.0576 e. The Labute approximate surface area is 103 Å². The van der Waals surface area contributed by atoms with Gasteiger partial charge in [-0.3, -0.25) is 0 Å². The van der Waals surface area contributed by atoms with Gasteiger partial charge >= 0.3 is 0 Å². The van der Waals surface area contributed by atoms with Crippen LogP contribution in [0, 0.1) is 0 Å². The van der Waals surface area contributed by atoms with Crippen molar-refractivity contribution in [2.45, 2.75) is 37.2 Å². The second-order valence-electron chi connectivity index (χ2n) is 5.42. The molecule has 1 unspecified atom stereocenters. The Kier molecular flexibility index (Phi) is 3.17. The highest BCUT2D eigenvalue weighted by atomic mass is 16.5. The lowest BCUT2D eigenvalue weighted by Crippen LogP contribution is -2.57. The minimum Gasteiger partial charge on any atom is -0.378 e. The molecular formula is C15H21NO. The van der Waals surface area contributed by atoms with Gasteiger partial charge in [0.15, 0.2) is 0 Å². The molecule has 92 valence electrons. The van der Waals surface area contributed by atoms with Crippen molar-refractivity contribution in [2.75, 3.05) is 19.7 Å². The molecule has 0 spiro atoms. The van der Waals surface area contributed by atoms with E-state index in [-0.39, 0.29) is 0 Å². The molecule has 2 heterocycles. The van der Waals surface area contributed by atoms with Gasteiger partial charge in [0.05, 0.1) is 6.10 Å². The van der Waals surface area contributed by atoms with E-state index in [0.717, 1.165) is 19.7 Å². The highest BCUT2D eigenvalue weighted by Gasteiger charge is 2.38. The SMILES string of the molecule is c1ccc(C2(CCC3CCCO3)CNC2)cc1. The van der Waals surface area contributed by atoms with Crippen LogP contribution in [0.1, 0.15) is 31.2 Å². The van der Waals surface area contributed by atoms with Gasteiger partial charge < -0.3 is 10.1 Å². The van der Waals surface area contributed by atoms with E-state index in [1.165, 1.54) is 31.2 Å². The van der Waals surface area contributed by atoms with Crippen molar-refractivity contribution >= 4 is 0 Å². The molecule has 3 rings (SSSR count). The van der Waals surface area contributed by atoms with Crippen LogP contribution in [0.15, 0.2) is 30.3 Å². The first-order valence-electron chi connectivity index (χ1n) is 6.77. The Hall–Kier alpha value is -0.860. The van der Waals surface area contributed by atoms with Crippen LogP contribution in [0.5, 0.6) is 0 Å². The highest BCUT2D eigenvalue weighted by molar-refractivity contribution is 5.29. The molecular weight excluding hydrogens is 210 g/mol. The first kappa shape index (κ1) is 11.2. The van der Waals surface area contributed by atoms with Crippen LogP contribution >= 0.6 is 0 Å². The van der Waals surface area contributed by atoms with E-state index in [1.54, 1.807) is 0 Å². The van der Waals surface area contributed by atoms with Crippen LogP contribution in [0.3, 0.4) is 0 Å². The third kappa shape index (κ3) is 2.24. The number of benzene rings is 1. The largest absolute Gasteiger partial charge is 0.378 e. The summed E-state index contributed by atoms with van der Waals surface area (Å²) in [5.41, 5.74) is 1.88. The minimum atomic E-state index is 0.382. The number of nitrogens with one attached hydrogen (secondary N) is 1. The summed E-state index contributed by atoms with van der Waals surface area (Å²) in [5.74, 6) is 0. The van der Waals surface area contributed by atoms with Crippen LogP contribution in [0.4, 0.5) is 0 Å². The van der Waals surface area contributed by atoms with E-state index in [2.05, 4.69) is 35.6 Å². The van der Waals surface area contributed by atoms with E-state index in [1.807, 2.05) is 0 Å². The smallest absolute Gasteiger partial charge is 0.0576 e. The third-order valence-corrected chi connectivity index (χ3v) is 4.28. The Bertz CT molecular complexity index is 352. The molecule has 0 amide bonds. The van der Waals surface area contributed by atoms with Gasteiger partial charge in [-0.2, -0.15) is 0 Å². The molecule has 0 saturated carbocycles. The molecule has 2 saturated heterocycles. The molecule has 2 fully saturated rings. The molecule has 0 aromatic heterocycles. The molecule has 1 atom stereocenters. The van der Waals surface area contributed by atoms with Crippen molar-refractivity contribution in [1.82, 2.24) is 5.32 Å². The maximum atomic E-state index is 5.73. The lowest BCUT2D eigenvalue weighted by Gasteiger charge is -2.44. The van der Waals surface area contributed by atoms with Gasteiger partial charge in [-0.25, -0.2) is 0 Å². The van der Waals surface area contributed by atoms with Gasteiger partial charge in [-0.15, -0.1) is 0 Å². The molecule has 1 aromatic rings. The molecule has 1 aromatic carbocycles. The standard InChI is InChI=1S/C15H21NO/c1-2-5-13(6-3-1)15(11-16-12-15)9-8-14-7-4-10-17-14/h1-3,5-6,14,16H,4,7-12H2. The first-order chi connectivity index (χ1) is 8.39. The zero-order valence-corrected chi connectivity index (χ0v) is 10.3. The van der Waals surface area contributed by atoms with Crippen molar-refractivity contribution in [1.29, 1.82) is 0 Å². The fraction of sp³-hybridized carbons (Fsp3) is 0.600. The zero-order chi connectivity index (χ0) is 11.6. The van der Waals surface area contributed by atoms with Crippen molar-refractivity contribution < 1.29 is 4.74 Å². The summed E-state index contributed by atoms with van der Waals surface area (Å²) in [7, 11) is 0. The number of rotatable bonds is 4. The summed E-state index contributed by atoms with van der Waals surface area (Å²) in [6.45, 7) is 3.23. The van der Waals surface area contributed by atoms with E-state index in [0.29, 0.717) is 11.5 Å². The summed E-state index contributed by atoms with van der Waals surface area (Å²) in [4.78, 5) is 0. The quantitative estimate of drug-likeness (QED) is 0.859. The Balaban J connectivity index is 1.65. The van der Waals surface area contributed by atoms with Crippen LogP contribution < -0.4 is 5.32 Å². The van der Waals surface area contributed by atoms with Gasteiger partial charge in [-0.05, 0) is 31.2 Å². The predicted molar refractivity (Wildman–Crippen MR) is 69.2 cm³/mol. The van der Waals surface area contributed by atoms with Crippen molar-refractivity contribution in [3.63, 3.8) is 0 Å². The second kappa shape index (κ2) is 4.79. The maximum absolute atomic E-state index is 5.73. The molecule has 2 nitrogen and oxygen atoms in total. The van der Waals surface area contributed by atoms with Gasteiger partial charge in [0.25, 0.3) is 0 Å². The average molecular weight is 231 g/mol. The monoisotopic (exact) mass is 231 g/mol. The molecule has 17 heavy (non-hydrogen) atoms. The molecule has 0 radical (unpaired) electrons. The number of ether oxygens (including phenoxy) is 1. The second-order valence-corrected chi connectivity index (χ2v) is 5.42. The average Bonchev–Trinajstić information content (AvgIpc) is 2.82. The summed E-state index contributed by atoms with van der Waals surface area (Å²) in [6.07, 6.45) is 5.52. The summed E-state index contributed by atoms with van der Waals surface area (Å²) in [6, 6.07) is 11.0. The highest BCUT2D eigenvalue weighted by Crippen LogP contribution is 2.35. The van der Waals surface area contributed by atoms with Crippen LogP contribution in [-0.4, -0.2) is 25.8 Å². The van der Waals surface area contributed by atoms with Gasteiger partial charge in [0.2, 0.25) is 0 Å². The van der Waals surface area contributed by atoms with Crippen LogP contribution in [0.2, 0.25) is 0 Å². The van der Waals surface area contributed by atoms with Crippen molar-refractivity contribution in [3.8, 4) is 0 Å². The van der Waals surface area contributed by atoms with E-state index < -0.39 is 0 Å². The fourth-order valence-electron chi connectivity index (χ4n) is 3.05. The first-order valence-corrected chi connectivity index (χ1v) is 6.77. The molecule has 0 bridgehead atoms. The van der Waals surface area contributed by atoms with Gasteiger partial charge in [0.1, 0.15) is 0 Å². The zero-order valence-electron chi connectivity index (χ0n) is 10.3. The lowest BCUT2D eigenvalue weighted by molar-refractivity contribution is 0.0900. The van der Waals surface area contributed by atoms with E-state index in [9.17, 15) is 0 Å². The summed E-state index contributed by atoms with van der Waals surface area (Å²) >= 11 is 0. The topological polar surface area (TPSA) is 21.3 Å². The molecule has 1 N–H and O–H groups in total. The summed E-state index contributed by atoms with van der Waals surface area (Å²) in [5, 5.41) is 3.44. The molecule has 2 aliphatic heterocycles. The van der Waals surface area contributed by atoms with Crippen molar-refractivity contribution in [3.05, 3.63) is 35.9 Å². The Morgan fingerprint density at radius 3 is 2.65 bits per heavy atom. The fourth-order valence-corrected chi connectivity index (χ4v) is 3.05. The lowest BCUT2D eigenvalue weighted by atomic mass is 9.71. The third-order valence-electron chi connectivity index (χ3n) is 4.28. The van der Waals surface area contributed by atoms with Gasteiger partial charge in [-0.1, -0.05) is 30.3 Å². The molecule has 2 aliphatic rings. The van der Waals surface area contributed by atoms with Crippen LogP contribution in [0.25, 0.3) is 0 Å². The molecule has 2 heteroatoms. The van der Waals surface area contributed by atoms with E-state index >= 15 is 0 Å². The Morgan fingerprint density at radius 2 is 2.06 bits per heavy atom. The summed E-state index contributed by atoms with van der Waals surface area (Å²) < 4.78 is 5.73. The van der Waals surface area contributed by atoms with Gasteiger partial charge in [0, 0.05) is 25.1 Å². The number of hydrogen-bond donors (Lipinski definition) is 1. The molecule has 0 aliphatic carbocycles. The normalized spacial score (nSPS) is 26.7. The van der Waals surface area contributed by atoms with Crippen LogP contribution in [-0.2, 0) is 10.2 Å². The predicted octanol–water partition coefficient (Wildman–Crippen LogP) is 2.49.